The number of hydrogen-bond acceptors (Lipinski definition) is 5. The number of ether oxygens (including phenoxy) is 2. The molecule has 0 unspecified atom stereocenters. The van der Waals surface area contributed by atoms with Crippen LogP contribution in [0.5, 0.6) is 5.75 Å². The van der Waals surface area contributed by atoms with Crippen molar-refractivity contribution in [1.29, 1.82) is 0 Å². The Morgan fingerprint density at radius 1 is 1.16 bits per heavy atom. The third-order valence-electron chi connectivity index (χ3n) is 8.04. The second-order valence-electron chi connectivity index (χ2n) is 10.0. The van der Waals surface area contributed by atoms with Gasteiger partial charge in [0, 0.05) is 56.4 Å². The van der Waals surface area contributed by atoms with Crippen molar-refractivity contribution in [3.05, 3.63) is 59.5 Å². The third-order valence-corrected chi connectivity index (χ3v) is 8.04. The van der Waals surface area contributed by atoms with Gasteiger partial charge in [0.15, 0.2) is 0 Å². The topological polar surface area (TPSA) is 96.3 Å². The molecular weight excluding hydrogens is 491 g/mol. The van der Waals surface area contributed by atoms with Crippen LogP contribution in [0.15, 0.2) is 42.5 Å². The van der Waals surface area contributed by atoms with E-state index in [2.05, 4.69) is 5.32 Å². The van der Waals surface area contributed by atoms with Crippen molar-refractivity contribution in [1.82, 2.24) is 14.4 Å². The van der Waals surface area contributed by atoms with Gasteiger partial charge in [0.1, 0.15) is 18.2 Å². The van der Waals surface area contributed by atoms with Gasteiger partial charge in [-0.15, -0.1) is 0 Å². The summed E-state index contributed by atoms with van der Waals surface area (Å²) < 4.78 is 26.9. The number of likely N-dealkylation sites (tertiary alicyclic amines) is 1. The molecule has 10 heteroatoms. The van der Waals surface area contributed by atoms with Crippen LogP contribution in [0.1, 0.15) is 30.1 Å². The van der Waals surface area contributed by atoms with Crippen LogP contribution in [-0.2, 0) is 22.0 Å². The molecule has 1 aromatic heterocycles. The molecule has 0 bridgehead atoms. The maximum atomic E-state index is 14.4. The van der Waals surface area contributed by atoms with Crippen molar-refractivity contribution in [3.63, 3.8) is 0 Å². The third kappa shape index (κ3) is 4.27. The van der Waals surface area contributed by atoms with Gasteiger partial charge in [-0.1, -0.05) is 12.1 Å². The number of aryl methyl sites for hydroxylation is 1. The summed E-state index contributed by atoms with van der Waals surface area (Å²) in [6, 6.07) is 10.8. The number of anilines is 1. The summed E-state index contributed by atoms with van der Waals surface area (Å²) in [6.07, 6.45) is 1.25. The van der Waals surface area contributed by atoms with E-state index >= 15 is 0 Å². The number of urea groups is 1. The highest BCUT2D eigenvalue weighted by atomic mass is 19.1. The Kier molecular flexibility index (Phi) is 7.02. The Hall–Kier alpha value is -3.63. The van der Waals surface area contributed by atoms with Gasteiger partial charge in [-0.25, -0.2) is 9.18 Å². The quantitative estimate of drug-likeness (QED) is 0.533. The minimum absolute atomic E-state index is 0.0239. The van der Waals surface area contributed by atoms with Gasteiger partial charge < -0.3 is 34.3 Å². The molecule has 2 aromatic carbocycles. The van der Waals surface area contributed by atoms with Crippen LogP contribution in [-0.4, -0.2) is 78.5 Å². The second kappa shape index (κ2) is 10.3. The summed E-state index contributed by atoms with van der Waals surface area (Å²) in [5.41, 5.74) is 2.47. The van der Waals surface area contributed by atoms with E-state index in [0.29, 0.717) is 38.2 Å². The predicted molar refractivity (Wildman–Crippen MR) is 141 cm³/mol. The molecule has 2 aliphatic heterocycles. The Bertz CT molecular complexity index is 1360. The van der Waals surface area contributed by atoms with E-state index in [1.165, 1.54) is 19.2 Å². The molecule has 1 atom stereocenters. The first kappa shape index (κ1) is 26.0. The number of rotatable bonds is 5. The molecule has 1 saturated heterocycles. The SMILES string of the molecule is COCC(=O)N1CCC2(CC1)CN(C(=O)Nc1ccccc1F)[C@H](CO)c1c2c2ccc(OC)cc2n1C. The molecule has 1 spiro atoms. The van der Waals surface area contributed by atoms with Crippen LogP contribution in [0.4, 0.5) is 14.9 Å². The second-order valence-corrected chi connectivity index (χ2v) is 10.0. The summed E-state index contributed by atoms with van der Waals surface area (Å²) >= 11 is 0. The van der Waals surface area contributed by atoms with Crippen molar-refractivity contribution in [2.24, 2.45) is 7.05 Å². The number of hydrogen-bond donors (Lipinski definition) is 2. The number of carbonyl (C=O) groups is 2. The smallest absolute Gasteiger partial charge is 0.322 e. The molecule has 2 N–H and O–H groups in total. The maximum Gasteiger partial charge on any atom is 0.322 e. The van der Waals surface area contributed by atoms with Crippen molar-refractivity contribution in [2.45, 2.75) is 24.3 Å². The van der Waals surface area contributed by atoms with Gasteiger partial charge in [0.05, 0.1) is 31.0 Å². The summed E-state index contributed by atoms with van der Waals surface area (Å²) in [6.45, 7) is 1.08. The predicted octanol–water partition coefficient (Wildman–Crippen LogP) is 3.41. The van der Waals surface area contributed by atoms with Gasteiger partial charge in [-0.05, 0) is 42.7 Å². The van der Waals surface area contributed by atoms with Crippen LogP contribution in [0.25, 0.3) is 10.9 Å². The van der Waals surface area contributed by atoms with Crippen LogP contribution < -0.4 is 10.1 Å². The summed E-state index contributed by atoms with van der Waals surface area (Å²) in [5.74, 6) is 0.109. The molecule has 0 radical (unpaired) electrons. The largest absolute Gasteiger partial charge is 0.497 e. The number of carbonyl (C=O) groups excluding carboxylic acids is 2. The van der Waals surface area contributed by atoms with Crippen LogP contribution in [0, 0.1) is 5.82 Å². The van der Waals surface area contributed by atoms with E-state index in [1.54, 1.807) is 29.0 Å². The standard InChI is InChI=1S/C28H33FN4O5/c1-31-22-14-18(38-3)8-9-19(22)25-26(31)23(15-34)33(27(36)30-21-7-5-4-6-20(21)29)17-28(25)10-12-32(13-11-28)24(35)16-37-2/h4-9,14,23,34H,10-13,15-17H2,1-3H3,(H,30,36)/t23-/m1/s1. The zero-order valence-electron chi connectivity index (χ0n) is 21.9. The number of piperidine rings is 1. The van der Waals surface area contributed by atoms with E-state index in [0.717, 1.165) is 22.2 Å². The van der Waals surface area contributed by atoms with Crippen molar-refractivity contribution >= 4 is 28.5 Å². The number of fused-ring (bicyclic) bond motifs is 4. The van der Waals surface area contributed by atoms with Gasteiger partial charge >= 0.3 is 6.03 Å². The number of benzene rings is 2. The van der Waals surface area contributed by atoms with E-state index in [4.69, 9.17) is 9.47 Å². The number of amides is 3. The summed E-state index contributed by atoms with van der Waals surface area (Å²) in [4.78, 5) is 29.6. The van der Waals surface area contributed by atoms with Crippen molar-refractivity contribution in [3.8, 4) is 5.75 Å². The lowest BCUT2D eigenvalue weighted by molar-refractivity contribution is -0.137. The minimum Gasteiger partial charge on any atom is -0.497 e. The summed E-state index contributed by atoms with van der Waals surface area (Å²) in [5, 5.41) is 14.3. The average molecular weight is 525 g/mol. The lowest BCUT2D eigenvalue weighted by atomic mass is 9.68. The number of aromatic nitrogens is 1. The zero-order valence-corrected chi connectivity index (χ0v) is 21.9. The fourth-order valence-electron chi connectivity index (χ4n) is 6.13. The molecule has 0 aliphatic carbocycles. The van der Waals surface area contributed by atoms with Crippen LogP contribution >= 0.6 is 0 Å². The molecule has 9 nitrogen and oxygen atoms in total. The lowest BCUT2D eigenvalue weighted by Crippen LogP contribution is -2.57. The molecule has 202 valence electrons. The number of nitrogens with zero attached hydrogens (tertiary/aromatic N) is 3. The average Bonchev–Trinajstić information content (AvgIpc) is 3.23. The van der Waals surface area contributed by atoms with Crippen LogP contribution in [0.2, 0.25) is 0 Å². The maximum absolute atomic E-state index is 14.4. The van der Waals surface area contributed by atoms with E-state index in [-0.39, 0.29) is 24.8 Å². The highest BCUT2D eigenvalue weighted by molar-refractivity contribution is 5.92. The highest BCUT2D eigenvalue weighted by Crippen LogP contribution is 2.50. The van der Waals surface area contributed by atoms with Crippen molar-refractivity contribution in [2.75, 3.05) is 52.4 Å². The van der Waals surface area contributed by atoms with Gasteiger partial charge in [-0.3, -0.25) is 4.79 Å². The first-order valence-corrected chi connectivity index (χ1v) is 12.7. The first-order chi connectivity index (χ1) is 18.3. The minimum atomic E-state index is -0.640. The molecule has 0 saturated carbocycles. The van der Waals surface area contributed by atoms with Gasteiger partial charge in [-0.2, -0.15) is 0 Å². The lowest BCUT2D eigenvalue weighted by Gasteiger charge is -2.50. The highest BCUT2D eigenvalue weighted by Gasteiger charge is 2.50. The Balaban J connectivity index is 1.60. The Labute approximate surface area is 220 Å². The van der Waals surface area contributed by atoms with Crippen LogP contribution in [0.3, 0.4) is 0 Å². The van der Waals surface area contributed by atoms with E-state index in [9.17, 15) is 19.1 Å². The molecule has 5 rings (SSSR count). The molecule has 1 fully saturated rings. The first-order valence-electron chi connectivity index (χ1n) is 12.7. The van der Waals surface area contributed by atoms with Gasteiger partial charge in [0.2, 0.25) is 5.91 Å². The number of aliphatic hydroxyl groups is 1. The Morgan fingerprint density at radius 3 is 2.55 bits per heavy atom. The normalized spacial score (nSPS) is 18.5. The monoisotopic (exact) mass is 524 g/mol. The fourth-order valence-corrected chi connectivity index (χ4v) is 6.13. The number of aliphatic hydroxyl groups excluding tert-OH is 1. The van der Waals surface area contributed by atoms with Gasteiger partial charge in [0.25, 0.3) is 0 Å². The van der Waals surface area contributed by atoms with Crippen molar-refractivity contribution < 1.29 is 28.6 Å². The molecular formula is C28H33FN4O5. The Morgan fingerprint density at radius 2 is 1.89 bits per heavy atom. The number of nitrogens with one attached hydrogen (secondary N) is 1. The molecule has 38 heavy (non-hydrogen) atoms. The molecule has 2 aliphatic rings. The zero-order chi connectivity index (χ0) is 27.0. The molecule has 3 aromatic rings. The van der Waals surface area contributed by atoms with E-state index < -0.39 is 23.3 Å². The number of para-hydroxylation sites is 1. The van der Waals surface area contributed by atoms with E-state index in [1.807, 2.05) is 29.8 Å². The fraction of sp³-hybridized carbons (Fsp3) is 0.429. The molecule has 3 amide bonds. The number of halogens is 1. The summed E-state index contributed by atoms with van der Waals surface area (Å²) in [7, 11) is 5.04. The molecule has 3 heterocycles. The number of methoxy groups -OCH3 is 2.